The van der Waals surface area contributed by atoms with E-state index in [2.05, 4.69) is 4.90 Å². The van der Waals surface area contributed by atoms with Crippen LogP contribution in [0, 0.1) is 5.82 Å². The van der Waals surface area contributed by atoms with E-state index < -0.39 is 34.0 Å². The Morgan fingerprint density at radius 1 is 1.08 bits per heavy atom. The van der Waals surface area contributed by atoms with Crippen molar-refractivity contribution in [3.63, 3.8) is 0 Å². The number of ether oxygens (including phenoxy) is 2. The molecule has 37 heavy (non-hydrogen) atoms. The Hall–Kier alpha value is -2.73. The van der Waals surface area contributed by atoms with Gasteiger partial charge in [0.1, 0.15) is 18.2 Å². The summed E-state index contributed by atoms with van der Waals surface area (Å²) in [5, 5.41) is 9.11. The van der Waals surface area contributed by atoms with Gasteiger partial charge in [0.2, 0.25) is 10.0 Å². The summed E-state index contributed by atoms with van der Waals surface area (Å²) in [5.41, 5.74) is 0.563. The minimum Gasteiger partial charge on any atom is -0.497 e. The molecule has 2 aromatic carbocycles. The van der Waals surface area contributed by atoms with Crippen LogP contribution in [-0.4, -0.2) is 92.8 Å². The van der Waals surface area contributed by atoms with Gasteiger partial charge in [0.05, 0.1) is 30.7 Å². The van der Waals surface area contributed by atoms with Gasteiger partial charge >= 0.3 is 6.09 Å². The smallest absolute Gasteiger partial charge is 0.409 e. The lowest BCUT2D eigenvalue weighted by atomic mass is 9.93. The first-order chi connectivity index (χ1) is 17.8. The SMILES string of the molecule is COc1ccc(S(=O)(=O)N2[C@@H](COC(=O)N3CCN(CCO)CC3)CCC[C@H]2c2cccc(F)c2)cc1. The topological polar surface area (TPSA) is 99.6 Å². The Balaban J connectivity index is 1.55. The molecule has 2 saturated heterocycles. The summed E-state index contributed by atoms with van der Waals surface area (Å²) in [6.07, 6.45) is 1.26. The standard InChI is InChI=1S/C26H34FN3O6S/c1-35-23-8-10-24(11-9-23)37(33,34)30-22(6-3-7-25(30)20-4-2-5-21(27)18-20)19-36-26(32)29-14-12-28(13-15-29)16-17-31/h2,4-5,8-11,18,22,25,31H,3,6-7,12-17,19H2,1H3/t22-,25+/m1/s1. The fourth-order valence-corrected chi connectivity index (χ4v) is 6.87. The van der Waals surface area contributed by atoms with Crippen molar-refractivity contribution < 1.29 is 32.2 Å². The van der Waals surface area contributed by atoms with Gasteiger partial charge in [0, 0.05) is 32.7 Å². The van der Waals surface area contributed by atoms with E-state index in [0.717, 1.165) is 0 Å². The molecule has 1 amide bonds. The molecule has 2 aliphatic heterocycles. The number of piperidine rings is 1. The van der Waals surface area contributed by atoms with Crippen LogP contribution in [0.3, 0.4) is 0 Å². The van der Waals surface area contributed by atoms with Gasteiger partial charge in [-0.2, -0.15) is 4.31 Å². The maximum Gasteiger partial charge on any atom is 0.409 e. The highest BCUT2D eigenvalue weighted by Gasteiger charge is 2.41. The third-order valence-electron chi connectivity index (χ3n) is 7.00. The zero-order valence-corrected chi connectivity index (χ0v) is 21.8. The number of sulfonamides is 1. The molecule has 2 heterocycles. The lowest BCUT2D eigenvalue weighted by Crippen LogP contribution is -2.51. The Labute approximate surface area is 217 Å². The van der Waals surface area contributed by atoms with Crippen molar-refractivity contribution in [2.75, 3.05) is 53.0 Å². The lowest BCUT2D eigenvalue weighted by Gasteiger charge is -2.41. The normalized spacial score (nSPS) is 21.5. The molecule has 0 bridgehead atoms. The number of rotatable bonds is 8. The predicted molar refractivity (Wildman–Crippen MR) is 135 cm³/mol. The van der Waals surface area contributed by atoms with Crippen molar-refractivity contribution in [1.29, 1.82) is 0 Å². The van der Waals surface area contributed by atoms with Crippen LogP contribution < -0.4 is 4.74 Å². The fraction of sp³-hybridized carbons (Fsp3) is 0.500. The number of carbonyl (C=O) groups excluding carboxylic acids is 1. The second kappa shape index (κ2) is 12.2. The van der Waals surface area contributed by atoms with Gasteiger partial charge in [-0.3, -0.25) is 4.90 Å². The van der Waals surface area contributed by atoms with E-state index in [9.17, 15) is 17.6 Å². The molecule has 0 aliphatic carbocycles. The highest BCUT2D eigenvalue weighted by Crippen LogP contribution is 2.39. The van der Waals surface area contributed by atoms with Crippen molar-refractivity contribution in [2.45, 2.75) is 36.2 Å². The number of aliphatic hydroxyl groups excluding tert-OH is 1. The number of hydrogen-bond acceptors (Lipinski definition) is 7. The summed E-state index contributed by atoms with van der Waals surface area (Å²) < 4.78 is 54.2. The number of piperazine rings is 1. The van der Waals surface area contributed by atoms with Gasteiger partial charge in [-0.05, 0) is 61.2 Å². The molecule has 9 nitrogen and oxygen atoms in total. The Morgan fingerprint density at radius 3 is 2.46 bits per heavy atom. The first-order valence-electron chi connectivity index (χ1n) is 12.5. The van der Waals surface area contributed by atoms with Crippen molar-refractivity contribution in [2.24, 2.45) is 0 Å². The Bertz CT molecular complexity index is 1160. The number of β-amino-alcohol motifs (C(OH)–C–C–N with tert-alkyl or cyclic N) is 1. The average Bonchev–Trinajstić information content (AvgIpc) is 2.92. The molecule has 0 saturated carbocycles. The van der Waals surface area contributed by atoms with Gasteiger partial charge in [-0.15, -0.1) is 0 Å². The maximum absolute atomic E-state index is 14.1. The summed E-state index contributed by atoms with van der Waals surface area (Å²) in [6, 6.07) is 10.9. The van der Waals surface area contributed by atoms with Gasteiger partial charge in [0.25, 0.3) is 0 Å². The first-order valence-corrected chi connectivity index (χ1v) is 14.0. The van der Waals surface area contributed by atoms with Crippen LogP contribution in [0.15, 0.2) is 53.4 Å². The van der Waals surface area contributed by atoms with Crippen LogP contribution >= 0.6 is 0 Å². The molecule has 2 aliphatic rings. The van der Waals surface area contributed by atoms with Crippen LogP contribution in [-0.2, 0) is 14.8 Å². The minimum atomic E-state index is -4.01. The van der Waals surface area contributed by atoms with Crippen LogP contribution in [0.25, 0.3) is 0 Å². The number of methoxy groups -OCH3 is 1. The number of aliphatic hydroxyl groups is 1. The summed E-state index contributed by atoms with van der Waals surface area (Å²) in [7, 11) is -2.51. The maximum atomic E-state index is 14.1. The second-order valence-corrected chi connectivity index (χ2v) is 11.1. The first kappa shape index (κ1) is 27.3. The molecule has 2 fully saturated rings. The number of benzene rings is 2. The molecule has 4 rings (SSSR count). The van der Waals surface area contributed by atoms with Crippen LogP contribution in [0.1, 0.15) is 30.9 Å². The zero-order chi connectivity index (χ0) is 26.4. The minimum absolute atomic E-state index is 0.0666. The summed E-state index contributed by atoms with van der Waals surface area (Å²) in [5.74, 6) is 0.0945. The van der Waals surface area contributed by atoms with Crippen molar-refractivity contribution in [1.82, 2.24) is 14.1 Å². The van der Waals surface area contributed by atoms with Gasteiger partial charge < -0.3 is 19.5 Å². The molecular formula is C26H34FN3O6S. The van der Waals surface area contributed by atoms with E-state index in [1.807, 2.05) is 0 Å². The molecular weight excluding hydrogens is 501 g/mol. The molecule has 2 atom stereocenters. The highest BCUT2D eigenvalue weighted by molar-refractivity contribution is 7.89. The van der Waals surface area contributed by atoms with Crippen molar-refractivity contribution >= 4 is 16.1 Å². The largest absolute Gasteiger partial charge is 0.497 e. The molecule has 0 radical (unpaired) electrons. The van der Waals surface area contributed by atoms with Crippen LogP contribution in [0.2, 0.25) is 0 Å². The average molecular weight is 536 g/mol. The number of nitrogens with zero attached hydrogens (tertiary/aromatic N) is 3. The molecule has 0 spiro atoms. The zero-order valence-electron chi connectivity index (χ0n) is 21.0. The van der Waals surface area contributed by atoms with Crippen molar-refractivity contribution in [3.8, 4) is 5.75 Å². The van der Waals surface area contributed by atoms with Crippen LogP contribution in [0.4, 0.5) is 9.18 Å². The van der Waals surface area contributed by atoms with E-state index in [4.69, 9.17) is 14.6 Å². The van der Waals surface area contributed by atoms with E-state index in [-0.39, 0.29) is 18.1 Å². The quantitative estimate of drug-likeness (QED) is 0.555. The molecule has 1 N–H and O–H groups in total. The van der Waals surface area contributed by atoms with Crippen molar-refractivity contribution in [3.05, 3.63) is 59.9 Å². The van der Waals surface area contributed by atoms with E-state index in [1.165, 1.54) is 35.7 Å². The molecule has 2 aromatic rings. The van der Waals surface area contributed by atoms with Gasteiger partial charge in [-0.25, -0.2) is 17.6 Å². The highest BCUT2D eigenvalue weighted by atomic mass is 32.2. The number of hydrogen-bond donors (Lipinski definition) is 1. The van der Waals surface area contributed by atoms with Crippen LogP contribution in [0.5, 0.6) is 5.75 Å². The number of amides is 1. The second-order valence-electron chi connectivity index (χ2n) is 9.30. The number of halogens is 1. The third kappa shape index (κ3) is 6.40. The Kier molecular flexibility index (Phi) is 9.01. The van der Waals surface area contributed by atoms with E-state index in [0.29, 0.717) is 63.3 Å². The molecule has 0 unspecified atom stereocenters. The van der Waals surface area contributed by atoms with Gasteiger partial charge in [-0.1, -0.05) is 12.1 Å². The summed E-state index contributed by atoms with van der Waals surface area (Å²) >= 11 is 0. The van der Waals surface area contributed by atoms with E-state index >= 15 is 0 Å². The summed E-state index contributed by atoms with van der Waals surface area (Å²) in [4.78, 5) is 16.6. The molecule has 11 heteroatoms. The van der Waals surface area contributed by atoms with Gasteiger partial charge in [0.15, 0.2) is 0 Å². The fourth-order valence-electron chi connectivity index (χ4n) is 5.03. The Morgan fingerprint density at radius 2 is 1.81 bits per heavy atom. The molecule has 0 aromatic heterocycles. The molecule has 202 valence electrons. The summed E-state index contributed by atoms with van der Waals surface area (Å²) in [6.45, 7) is 2.75. The lowest BCUT2D eigenvalue weighted by molar-refractivity contribution is 0.0467. The predicted octanol–water partition coefficient (Wildman–Crippen LogP) is 2.87. The number of carbonyl (C=O) groups is 1. The van der Waals surface area contributed by atoms with E-state index in [1.54, 1.807) is 29.2 Å². The monoisotopic (exact) mass is 535 g/mol. The third-order valence-corrected chi connectivity index (χ3v) is 8.97.